The molecule has 37 heavy (non-hydrogen) atoms. The third-order valence-electron chi connectivity index (χ3n) is 6.80. The van der Waals surface area contributed by atoms with Crippen LogP contribution in [0.4, 0.5) is 23.2 Å². The summed E-state index contributed by atoms with van der Waals surface area (Å²) in [6.45, 7) is 1.42. The standard InChI is InChI=1S/C25H24ClF4N5O2/c26-23-21(12-33-35(24(23)36)22-3-1-2-10-37-22)34-9-8-17-19(31-14-32-20(17)13-34)7-5-15-4-6-16(27)11-18(15)25(28,29)30/h4,6,11-12,14,22H,1-3,5,7-10,13H2. The Morgan fingerprint density at radius 2 is 2.00 bits per heavy atom. The lowest BCUT2D eigenvalue weighted by Gasteiger charge is -2.31. The molecular formula is C25H24ClF4N5O2. The van der Waals surface area contributed by atoms with Crippen LogP contribution in [0.1, 0.15) is 53.6 Å². The van der Waals surface area contributed by atoms with Crippen LogP contribution in [-0.4, -0.2) is 32.9 Å². The van der Waals surface area contributed by atoms with Crippen molar-refractivity contribution in [2.75, 3.05) is 18.1 Å². The Morgan fingerprint density at radius 1 is 1.16 bits per heavy atom. The molecule has 2 aromatic heterocycles. The van der Waals surface area contributed by atoms with Gasteiger partial charge in [0.2, 0.25) is 0 Å². The maximum atomic E-state index is 13.4. The first-order chi connectivity index (χ1) is 17.7. The highest BCUT2D eigenvalue weighted by Crippen LogP contribution is 2.34. The van der Waals surface area contributed by atoms with Crippen molar-refractivity contribution in [1.29, 1.82) is 0 Å². The second-order valence-electron chi connectivity index (χ2n) is 9.13. The SMILES string of the molecule is O=c1c(Cl)c(N2CCc3c(CCc4ccc(F)cc4C(F)(F)F)ncnc3C2)cnn1C1CCCCO1. The van der Waals surface area contributed by atoms with Crippen LogP contribution in [-0.2, 0) is 36.7 Å². The van der Waals surface area contributed by atoms with Crippen LogP contribution >= 0.6 is 11.6 Å². The van der Waals surface area contributed by atoms with Crippen LogP contribution in [0.25, 0.3) is 0 Å². The summed E-state index contributed by atoms with van der Waals surface area (Å²) in [6.07, 6.45) is 1.28. The molecule has 3 aromatic rings. The van der Waals surface area contributed by atoms with E-state index in [-0.39, 0.29) is 23.4 Å². The number of anilines is 1. The fraction of sp³-hybridized carbons (Fsp3) is 0.440. The molecule has 0 bridgehead atoms. The number of halogens is 5. The summed E-state index contributed by atoms with van der Waals surface area (Å²) in [6, 6.07) is 2.72. The molecule has 196 valence electrons. The van der Waals surface area contributed by atoms with Gasteiger partial charge in [-0.15, -0.1) is 0 Å². The van der Waals surface area contributed by atoms with Gasteiger partial charge in [0.25, 0.3) is 5.56 Å². The zero-order chi connectivity index (χ0) is 26.2. The lowest BCUT2D eigenvalue weighted by atomic mass is 9.96. The minimum absolute atomic E-state index is 0.0130. The van der Waals surface area contributed by atoms with E-state index in [1.165, 1.54) is 17.1 Å². The van der Waals surface area contributed by atoms with E-state index in [1.807, 2.05) is 4.90 Å². The van der Waals surface area contributed by atoms with Crippen LogP contribution in [0.2, 0.25) is 5.02 Å². The van der Waals surface area contributed by atoms with Crippen LogP contribution < -0.4 is 10.5 Å². The average molecular weight is 538 g/mol. The topological polar surface area (TPSA) is 73.1 Å². The Bertz CT molecular complexity index is 1360. The first-order valence-corrected chi connectivity index (χ1v) is 12.4. The molecule has 1 saturated heterocycles. The number of aryl methyl sites for hydroxylation is 2. The molecule has 0 N–H and O–H groups in total. The molecule has 1 atom stereocenters. The first kappa shape index (κ1) is 25.6. The highest BCUT2D eigenvalue weighted by molar-refractivity contribution is 6.33. The van der Waals surface area contributed by atoms with Gasteiger partial charge in [0.15, 0.2) is 6.23 Å². The van der Waals surface area contributed by atoms with Gasteiger partial charge in [0, 0.05) is 18.8 Å². The predicted molar refractivity (Wildman–Crippen MR) is 128 cm³/mol. The Morgan fingerprint density at radius 3 is 2.76 bits per heavy atom. The van der Waals surface area contributed by atoms with Crippen LogP contribution in [0, 0.1) is 5.82 Å². The van der Waals surface area contributed by atoms with Crippen molar-refractivity contribution >= 4 is 17.3 Å². The molecule has 1 aromatic carbocycles. The van der Waals surface area contributed by atoms with E-state index >= 15 is 0 Å². The normalized spacial score (nSPS) is 18.1. The molecule has 0 aliphatic carbocycles. The van der Waals surface area contributed by atoms with E-state index in [4.69, 9.17) is 16.3 Å². The molecule has 4 heterocycles. The van der Waals surface area contributed by atoms with E-state index in [9.17, 15) is 22.4 Å². The maximum absolute atomic E-state index is 13.4. The fourth-order valence-corrected chi connectivity index (χ4v) is 5.16. The quantitative estimate of drug-likeness (QED) is 0.431. The Kier molecular flexibility index (Phi) is 7.17. The van der Waals surface area contributed by atoms with Crippen molar-refractivity contribution in [1.82, 2.24) is 19.7 Å². The minimum atomic E-state index is -4.65. The highest BCUT2D eigenvalue weighted by Gasteiger charge is 2.34. The molecule has 7 nitrogen and oxygen atoms in total. The smallest absolute Gasteiger partial charge is 0.363 e. The van der Waals surface area contributed by atoms with Gasteiger partial charge in [-0.2, -0.15) is 23.0 Å². The van der Waals surface area contributed by atoms with Gasteiger partial charge in [-0.05, 0) is 61.8 Å². The zero-order valence-corrected chi connectivity index (χ0v) is 20.5. The van der Waals surface area contributed by atoms with Crippen molar-refractivity contribution in [2.24, 2.45) is 0 Å². The zero-order valence-electron chi connectivity index (χ0n) is 19.8. The average Bonchev–Trinajstić information content (AvgIpc) is 2.89. The summed E-state index contributed by atoms with van der Waals surface area (Å²) in [5.74, 6) is -0.928. The number of nitrogens with zero attached hydrogens (tertiary/aromatic N) is 5. The molecule has 5 rings (SSSR count). The third-order valence-corrected chi connectivity index (χ3v) is 7.15. The summed E-state index contributed by atoms with van der Waals surface area (Å²) < 4.78 is 60.5. The first-order valence-electron chi connectivity index (χ1n) is 12.0. The largest absolute Gasteiger partial charge is 0.416 e. The van der Waals surface area contributed by atoms with Gasteiger partial charge in [-0.25, -0.2) is 14.4 Å². The number of fused-ring (bicyclic) bond motifs is 1. The monoisotopic (exact) mass is 537 g/mol. The molecule has 1 fully saturated rings. The van der Waals surface area contributed by atoms with Gasteiger partial charge >= 0.3 is 6.18 Å². The van der Waals surface area contributed by atoms with Gasteiger partial charge in [0.1, 0.15) is 17.2 Å². The molecule has 0 radical (unpaired) electrons. The Hall–Kier alpha value is -3.05. The van der Waals surface area contributed by atoms with Crippen molar-refractivity contribution in [3.8, 4) is 0 Å². The van der Waals surface area contributed by atoms with Crippen molar-refractivity contribution in [3.05, 3.63) is 80.0 Å². The summed E-state index contributed by atoms with van der Waals surface area (Å²) >= 11 is 6.47. The second-order valence-corrected chi connectivity index (χ2v) is 9.51. The van der Waals surface area contributed by atoms with Crippen LogP contribution in [0.15, 0.2) is 35.5 Å². The van der Waals surface area contributed by atoms with Crippen LogP contribution in [0.5, 0.6) is 0 Å². The number of hydrogen-bond acceptors (Lipinski definition) is 6. The maximum Gasteiger partial charge on any atom is 0.416 e. The Labute approximate surface area is 215 Å². The minimum Gasteiger partial charge on any atom is -0.363 e. The van der Waals surface area contributed by atoms with Gasteiger partial charge in [-0.1, -0.05) is 17.7 Å². The number of hydrogen-bond donors (Lipinski definition) is 0. The van der Waals surface area contributed by atoms with E-state index in [0.29, 0.717) is 55.7 Å². The molecule has 12 heteroatoms. The number of benzene rings is 1. The van der Waals surface area contributed by atoms with E-state index in [0.717, 1.165) is 24.5 Å². The predicted octanol–water partition coefficient (Wildman–Crippen LogP) is 4.89. The van der Waals surface area contributed by atoms with E-state index in [2.05, 4.69) is 15.1 Å². The van der Waals surface area contributed by atoms with E-state index < -0.39 is 29.3 Å². The van der Waals surface area contributed by atoms with Gasteiger partial charge in [0.05, 0.1) is 29.7 Å². The molecule has 0 saturated carbocycles. The number of ether oxygens (including phenoxy) is 1. The fourth-order valence-electron chi connectivity index (χ4n) is 4.91. The summed E-state index contributed by atoms with van der Waals surface area (Å²) in [7, 11) is 0. The van der Waals surface area contributed by atoms with Gasteiger partial charge < -0.3 is 9.64 Å². The van der Waals surface area contributed by atoms with Gasteiger partial charge in [-0.3, -0.25) is 4.79 Å². The molecule has 1 unspecified atom stereocenters. The Balaban J connectivity index is 1.34. The van der Waals surface area contributed by atoms with Crippen molar-refractivity contribution in [2.45, 2.75) is 57.5 Å². The molecular weight excluding hydrogens is 514 g/mol. The number of aromatic nitrogens is 4. The van der Waals surface area contributed by atoms with Crippen molar-refractivity contribution < 1.29 is 22.3 Å². The van der Waals surface area contributed by atoms with Crippen LogP contribution in [0.3, 0.4) is 0 Å². The highest BCUT2D eigenvalue weighted by atomic mass is 35.5. The molecule has 0 spiro atoms. The van der Waals surface area contributed by atoms with E-state index in [1.54, 1.807) is 6.20 Å². The lowest BCUT2D eigenvalue weighted by molar-refractivity contribution is -0.138. The molecule has 2 aliphatic rings. The second kappa shape index (κ2) is 10.4. The lowest BCUT2D eigenvalue weighted by Crippen LogP contribution is -2.36. The molecule has 0 amide bonds. The summed E-state index contributed by atoms with van der Waals surface area (Å²) in [4.78, 5) is 23.5. The third kappa shape index (κ3) is 5.33. The van der Waals surface area contributed by atoms with Crippen molar-refractivity contribution in [3.63, 3.8) is 0 Å². The molecule has 2 aliphatic heterocycles. The number of rotatable bonds is 5. The summed E-state index contributed by atoms with van der Waals surface area (Å²) in [5, 5.41) is 4.36. The summed E-state index contributed by atoms with van der Waals surface area (Å²) in [5.41, 5.74) is 1.34. The number of alkyl halides is 3.